The summed E-state index contributed by atoms with van der Waals surface area (Å²) in [5, 5.41) is 2.90. The van der Waals surface area contributed by atoms with E-state index in [-0.39, 0.29) is 5.91 Å². The van der Waals surface area contributed by atoms with E-state index in [1.165, 1.54) is 6.39 Å². The fourth-order valence-corrected chi connectivity index (χ4v) is 2.70. The number of aryl methyl sites for hydroxylation is 1. The highest BCUT2D eigenvalue weighted by Gasteiger charge is 2.18. The quantitative estimate of drug-likeness (QED) is 0.585. The number of hydrogen-bond donors (Lipinski definition) is 1. The van der Waals surface area contributed by atoms with E-state index >= 15 is 0 Å². The minimum absolute atomic E-state index is 0.261. The Labute approximate surface area is 159 Å². The van der Waals surface area contributed by atoms with Crippen LogP contribution in [0.3, 0.4) is 0 Å². The van der Waals surface area contributed by atoms with Gasteiger partial charge in [0, 0.05) is 12.1 Å². The van der Waals surface area contributed by atoms with E-state index in [0.29, 0.717) is 18.0 Å². The van der Waals surface area contributed by atoms with Crippen LogP contribution in [-0.2, 0) is 6.54 Å². The lowest BCUT2D eigenvalue weighted by Gasteiger charge is -2.08. The second kappa shape index (κ2) is 9.03. The van der Waals surface area contributed by atoms with Gasteiger partial charge in [0.2, 0.25) is 0 Å². The Kier molecular flexibility index (Phi) is 6.26. The summed E-state index contributed by atoms with van der Waals surface area (Å²) < 4.78 is 11.1. The molecule has 140 valence electrons. The van der Waals surface area contributed by atoms with Gasteiger partial charge in [0.25, 0.3) is 5.91 Å². The van der Waals surface area contributed by atoms with Crippen LogP contribution < -0.4 is 10.1 Å². The maximum absolute atomic E-state index is 12.5. The largest absolute Gasteiger partial charge is 0.494 e. The second-order valence-electron chi connectivity index (χ2n) is 6.43. The molecule has 0 atom stereocenters. The summed E-state index contributed by atoms with van der Waals surface area (Å²) in [4.78, 5) is 16.6. The molecule has 3 aromatic rings. The zero-order valence-corrected chi connectivity index (χ0v) is 15.7. The van der Waals surface area contributed by atoms with E-state index in [9.17, 15) is 4.79 Å². The van der Waals surface area contributed by atoms with Crippen molar-refractivity contribution in [2.75, 3.05) is 6.61 Å². The fraction of sp³-hybridized carbons (Fsp3) is 0.273. The van der Waals surface area contributed by atoms with Gasteiger partial charge < -0.3 is 14.5 Å². The van der Waals surface area contributed by atoms with E-state index in [1.807, 2.05) is 55.5 Å². The van der Waals surface area contributed by atoms with Gasteiger partial charge in [-0.3, -0.25) is 4.79 Å². The summed E-state index contributed by atoms with van der Waals surface area (Å²) in [6, 6.07) is 15.5. The molecule has 0 saturated carbocycles. The molecular weight excluding hydrogens is 340 g/mol. The maximum Gasteiger partial charge on any atom is 0.274 e. The Morgan fingerprint density at radius 1 is 1.19 bits per heavy atom. The van der Waals surface area contributed by atoms with Gasteiger partial charge >= 0.3 is 0 Å². The highest BCUT2D eigenvalue weighted by atomic mass is 16.5. The standard InChI is InChI=1S/C22H24N2O3/c1-3-4-12-26-19-10-8-17(9-11-19)14-23-22(25)20-21(27-15-24-20)18-7-5-6-16(2)13-18/h5-11,13,15H,3-4,12,14H2,1-2H3,(H,23,25). The van der Waals surface area contributed by atoms with Gasteiger partial charge in [-0.1, -0.05) is 49.2 Å². The lowest BCUT2D eigenvalue weighted by atomic mass is 10.1. The van der Waals surface area contributed by atoms with Crippen LogP contribution in [0.15, 0.2) is 59.3 Å². The third-order valence-corrected chi connectivity index (χ3v) is 4.21. The monoisotopic (exact) mass is 364 g/mol. The van der Waals surface area contributed by atoms with Gasteiger partial charge in [-0.25, -0.2) is 4.98 Å². The summed E-state index contributed by atoms with van der Waals surface area (Å²) >= 11 is 0. The smallest absolute Gasteiger partial charge is 0.274 e. The van der Waals surface area contributed by atoms with Crippen molar-refractivity contribution in [3.63, 3.8) is 0 Å². The lowest BCUT2D eigenvalue weighted by Crippen LogP contribution is -2.23. The topological polar surface area (TPSA) is 64.4 Å². The zero-order valence-electron chi connectivity index (χ0n) is 15.7. The Hall–Kier alpha value is -3.08. The van der Waals surface area contributed by atoms with Gasteiger partial charge in [0.15, 0.2) is 17.8 Å². The van der Waals surface area contributed by atoms with Crippen molar-refractivity contribution < 1.29 is 13.9 Å². The third-order valence-electron chi connectivity index (χ3n) is 4.21. The molecular formula is C22H24N2O3. The van der Waals surface area contributed by atoms with Crippen LogP contribution in [0.1, 0.15) is 41.4 Å². The molecule has 1 heterocycles. The third kappa shape index (κ3) is 4.97. The molecule has 1 aromatic heterocycles. The normalized spacial score (nSPS) is 10.6. The highest BCUT2D eigenvalue weighted by Crippen LogP contribution is 2.24. The minimum atomic E-state index is -0.261. The number of nitrogens with zero attached hydrogens (tertiary/aromatic N) is 1. The maximum atomic E-state index is 12.5. The molecule has 0 aliphatic carbocycles. The molecule has 5 nitrogen and oxygen atoms in total. The number of benzene rings is 2. The molecule has 3 rings (SSSR count). The van der Waals surface area contributed by atoms with Crippen LogP contribution in [0.4, 0.5) is 0 Å². The number of oxazole rings is 1. The van der Waals surface area contributed by atoms with Crippen molar-refractivity contribution in [1.29, 1.82) is 0 Å². The fourth-order valence-electron chi connectivity index (χ4n) is 2.70. The van der Waals surface area contributed by atoms with Crippen molar-refractivity contribution >= 4 is 5.91 Å². The number of aromatic nitrogens is 1. The summed E-state index contributed by atoms with van der Waals surface area (Å²) in [6.07, 6.45) is 3.45. The van der Waals surface area contributed by atoms with Crippen molar-refractivity contribution in [3.05, 3.63) is 71.7 Å². The van der Waals surface area contributed by atoms with Gasteiger partial charge in [0.1, 0.15) is 5.75 Å². The van der Waals surface area contributed by atoms with Gasteiger partial charge in [0.05, 0.1) is 6.61 Å². The van der Waals surface area contributed by atoms with E-state index < -0.39 is 0 Å². The molecule has 0 saturated heterocycles. The number of hydrogen-bond acceptors (Lipinski definition) is 4. The molecule has 5 heteroatoms. The van der Waals surface area contributed by atoms with Crippen molar-refractivity contribution in [3.8, 4) is 17.1 Å². The second-order valence-corrected chi connectivity index (χ2v) is 6.43. The summed E-state index contributed by atoms with van der Waals surface area (Å²) in [6.45, 7) is 5.26. The van der Waals surface area contributed by atoms with E-state index in [0.717, 1.165) is 41.9 Å². The lowest BCUT2D eigenvalue weighted by molar-refractivity contribution is 0.0947. The van der Waals surface area contributed by atoms with Crippen LogP contribution in [0.25, 0.3) is 11.3 Å². The molecule has 0 spiro atoms. The van der Waals surface area contributed by atoms with Crippen LogP contribution in [-0.4, -0.2) is 17.5 Å². The Balaban J connectivity index is 1.61. The van der Waals surface area contributed by atoms with Crippen LogP contribution in [0, 0.1) is 6.92 Å². The number of amides is 1. The molecule has 0 unspecified atom stereocenters. The van der Waals surface area contributed by atoms with E-state index in [2.05, 4.69) is 17.2 Å². The van der Waals surface area contributed by atoms with Crippen molar-refractivity contribution in [2.24, 2.45) is 0 Å². The van der Waals surface area contributed by atoms with Crippen molar-refractivity contribution in [1.82, 2.24) is 10.3 Å². The Bertz CT molecular complexity index is 885. The number of ether oxygens (including phenoxy) is 1. The van der Waals surface area contributed by atoms with Gasteiger partial charge in [-0.2, -0.15) is 0 Å². The number of unbranched alkanes of at least 4 members (excludes halogenated alkanes) is 1. The van der Waals surface area contributed by atoms with Gasteiger partial charge in [-0.15, -0.1) is 0 Å². The molecule has 0 fully saturated rings. The van der Waals surface area contributed by atoms with E-state index in [1.54, 1.807) is 0 Å². The zero-order chi connectivity index (χ0) is 19.1. The van der Waals surface area contributed by atoms with Crippen molar-refractivity contribution in [2.45, 2.75) is 33.2 Å². The average molecular weight is 364 g/mol. The first kappa shape index (κ1) is 18.7. The number of carbonyl (C=O) groups excluding carboxylic acids is 1. The highest BCUT2D eigenvalue weighted by molar-refractivity contribution is 5.97. The average Bonchev–Trinajstić information content (AvgIpc) is 3.17. The van der Waals surface area contributed by atoms with Crippen LogP contribution >= 0.6 is 0 Å². The van der Waals surface area contributed by atoms with Crippen LogP contribution in [0.2, 0.25) is 0 Å². The number of rotatable bonds is 8. The summed E-state index contributed by atoms with van der Waals surface area (Å²) in [5.74, 6) is 1.07. The summed E-state index contributed by atoms with van der Waals surface area (Å²) in [5.41, 5.74) is 3.22. The molecule has 27 heavy (non-hydrogen) atoms. The first-order valence-corrected chi connectivity index (χ1v) is 9.18. The Morgan fingerprint density at radius 3 is 2.74 bits per heavy atom. The summed E-state index contributed by atoms with van der Waals surface area (Å²) in [7, 11) is 0. The molecule has 1 amide bonds. The molecule has 1 N–H and O–H groups in total. The van der Waals surface area contributed by atoms with Gasteiger partial charge in [-0.05, 0) is 37.1 Å². The minimum Gasteiger partial charge on any atom is -0.494 e. The van der Waals surface area contributed by atoms with E-state index in [4.69, 9.17) is 9.15 Å². The molecule has 0 bridgehead atoms. The predicted molar refractivity (Wildman–Crippen MR) is 105 cm³/mol. The molecule has 2 aromatic carbocycles. The molecule has 0 aliphatic rings. The first-order valence-electron chi connectivity index (χ1n) is 9.18. The van der Waals surface area contributed by atoms with Crippen LogP contribution in [0.5, 0.6) is 5.75 Å². The molecule has 0 radical (unpaired) electrons. The first-order chi connectivity index (χ1) is 13.2. The number of carbonyl (C=O) groups is 1. The number of nitrogens with one attached hydrogen (secondary N) is 1. The molecule has 0 aliphatic heterocycles. The SMILES string of the molecule is CCCCOc1ccc(CNC(=O)c2ncoc2-c2cccc(C)c2)cc1. The Morgan fingerprint density at radius 2 is 2.00 bits per heavy atom. The predicted octanol–water partition coefficient (Wildman–Crippen LogP) is 4.76.